The van der Waals surface area contributed by atoms with Crippen molar-refractivity contribution in [3.05, 3.63) is 83.9 Å². The van der Waals surface area contributed by atoms with E-state index in [9.17, 15) is 9.59 Å². The number of benzene rings is 2. The molecule has 1 aliphatic carbocycles. The molecule has 0 N–H and O–H groups in total. The average Bonchev–Trinajstić information content (AvgIpc) is 3.56. The zero-order chi connectivity index (χ0) is 23.5. The van der Waals surface area contributed by atoms with Crippen LogP contribution in [0.2, 0.25) is 0 Å². The fourth-order valence-corrected chi connectivity index (χ4v) is 5.25. The molecule has 2 atom stereocenters. The van der Waals surface area contributed by atoms with E-state index < -0.39 is 0 Å². The summed E-state index contributed by atoms with van der Waals surface area (Å²) in [6.45, 7) is 12.2. The second-order valence-corrected chi connectivity index (χ2v) is 9.70. The summed E-state index contributed by atoms with van der Waals surface area (Å²) in [5, 5.41) is 0. The maximum absolute atomic E-state index is 13.2. The summed E-state index contributed by atoms with van der Waals surface area (Å²) in [7, 11) is 0. The SMILES string of the molecule is C=C1C(C(=O)N2CCN(Cc3ccccc3)CC2)[C@H]1C(=O)N1CCN(Cc2ccccc2)CC1. The first-order valence-electron chi connectivity index (χ1n) is 12.4. The van der Waals surface area contributed by atoms with Gasteiger partial charge in [0.2, 0.25) is 11.8 Å². The van der Waals surface area contributed by atoms with Crippen molar-refractivity contribution in [2.45, 2.75) is 13.1 Å². The Morgan fingerprint density at radius 3 is 1.32 bits per heavy atom. The van der Waals surface area contributed by atoms with Crippen LogP contribution in [0.4, 0.5) is 0 Å². The Bertz CT molecular complexity index is 928. The Balaban J connectivity index is 1.08. The van der Waals surface area contributed by atoms with Crippen LogP contribution in [-0.4, -0.2) is 83.8 Å². The van der Waals surface area contributed by atoms with Crippen LogP contribution in [0.5, 0.6) is 0 Å². The predicted molar refractivity (Wildman–Crippen MR) is 133 cm³/mol. The summed E-state index contributed by atoms with van der Waals surface area (Å²) in [5.74, 6) is -0.470. The largest absolute Gasteiger partial charge is 0.340 e. The van der Waals surface area contributed by atoms with E-state index in [0.717, 1.165) is 44.8 Å². The van der Waals surface area contributed by atoms with Crippen LogP contribution in [0.15, 0.2) is 72.8 Å². The highest BCUT2D eigenvalue weighted by Gasteiger charge is 2.55. The molecule has 0 bridgehead atoms. The molecule has 2 aromatic rings. The lowest BCUT2D eigenvalue weighted by molar-refractivity contribution is -0.139. The Hall–Kier alpha value is -2.96. The van der Waals surface area contributed by atoms with E-state index in [1.807, 2.05) is 21.9 Å². The Labute approximate surface area is 202 Å². The van der Waals surface area contributed by atoms with Crippen LogP contribution in [-0.2, 0) is 22.7 Å². The van der Waals surface area contributed by atoms with Crippen LogP contribution < -0.4 is 0 Å². The third-order valence-electron chi connectivity index (χ3n) is 7.42. The maximum atomic E-state index is 13.2. The standard InChI is InChI=1S/C28H34N4O2/c1-22-25(27(33)31-16-12-29(13-17-31)20-23-8-4-2-5-9-23)26(22)28(34)32-18-14-30(15-19-32)21-24-10-6-3-7-11-24/h2-11,25-26H,1,12-21H2/t25-,26?/m0/s1. The monoisotopic (exact) mass is 458 g/mol. The van der Waals surface area contributed by atoms with E-state index in [1.165, 1.54) is 11.1 Å². The van der Waals surface area contributed by atoms with Gasteiger partial charge in [-0.2, -0.15) is 0 Å². The number of nitrogens with zero attached hydrogens (tertiary/aromatic N) is 4. The van der Waals surface area contributed by atoms with Crippen molar-refractivity contribution in [3.8, 4) is 0 Å². The average molecular weight is 459 g/mol. The molecule has 6 nitrogen and oxygen atoms in total. The normalized spacial score (nSPS) is 23.7. The summed E-state index contributed by atoms with van der Waals surface area (Å²) < 4.78 is 0. The van der Waals surface area contributed by atoms with Crippen molar-refractivity contribution in [1.29, 1.82) is 0 Å². The van der Waals surface area contributed by atoms with Crippen LogP contribution in [0.1, 0.15) is 11.1 Å². The fraction of sp³-hybridized carbons (Fsp3) is 0.429. The lowest BCUT2D eigenvalue weighted by Gasteiger charge is -2.35. The summed E-state index contributed by atoms with van der Waals surface area (Å²) >= 11 is 0. The third-order valence-corrected chi connectivity index (χ3v) is 7.42. The first kappa shape index (κ1) is 22.8. The summed E-state index contributed by atoms with van der Waals surface area (Å²) in [6.07, 6.45) is 0. The molecule has 3 aliphatic rings. The second-order valence-electron chi connectivity index (χ2n) is 9.70. The number of carbonyl (C=O) groups excluding carboxylic acids is 2. The first-order valence-corrected chi connectivity index (χ1v) is 12.4. The Kier molecular flexibility index (Phi) is 6.79. The van der Waals surface area contributed by atoms with Crippen LogP contribution >= 0.6 is 0 Å². The number of piperazine rings is 2. The molecule has 0 spiro atoms. The highest BCUT2D eigenvalue weighted by atomic mass is 16.2. The molecular weight excluding hydrogens is 424 g/mol. The molecule has 1 unspecified atom stereocenters. The predicted octanol–water partition coefficient (Wildman–Crippen LogP) is 2.48. The second kappa shape index (κ2) is 10.1. The molecular formula is C28H34N4O2. The highest BCUT2D eigenvalue weighted by molar-refractivity contribution is 5.99. The van der Waals surface area contributed by atoms with Gasteiger partial charge in [-0.1, -0.05) is 72.8 Å². The Morgan fingerprint density at radius 1 is 0.618 bits per heavy atom. The van der Waals surface area contributed by atoms with Gasteiger partial charge >= 0.3 is 0 Å². The van der Waals surface area contributed by atoms with Gasteiger partial charge in [-0.05, 0) is 11.1 Å². The molecule has 2 heterocycles. The lowest BCUT2D eigenvalue weighted by atomic mass is 10.1. The van der Waals surface area contributed by atoms with E-state index in [0.29, 0.717) is 26.2 Å². The van der Waals surface area contributed by atoms with Crippen molar-refractivity contribution in [3.63, 3.8) is 0 Å². The summed E-state index contributed by atoms with van der Waals surface area (Å²) in [5.41, 5.74) is 3.40. The van der Waals surface area contributed by atoms with Crippen LogP contribution in [0, 0.1) is 11.8 Å². The molecule has 0 aromatic heterocycles. The maximum Gasteiger partial charge on any atom is 0.231 e. The quantitative estimate of drug-likeness (QED) is 0.624. The lowest BCUT2D eigenvalue weighted by Crippen LogP contribution is -2.50. The van der Waals surface area contributed by atoms with Gasteiger partial charge in [0.1, 0.15) is 0 Å². The van der Waals surface area contributed by atoms with E-state index in [4.69, 9.17) is 0 Å². The Morgan fingerprint density at radius 2 is 0.971 bits per heavy atom. The van der Waals surface area contributed by atoms with Crippen molar-refractivity contribution >= 4 is 11.8 Å². The molecule has 2 aliphatic heterocycles. The van der Waals surface area contributed by atoms with Gasteiger partial charge in [0.05, 0.1) is 11.8 Å². The van der Waals surface area contributed by atoms with Gasteiger partial charge < -0.3 is 9.80 Å². The van der Waals surface area contributed by atoms with E-state index in [2.05, 4.69) is 64.9 Å². The van der Waals surface area contributed by atoms with Crippen LogP contribution in [0.25, 0.3) is 0 Å². The number of carbonyl (C=O) groups is 2. The molecule has 1 saturated carbocycles. The van der Waals surface area contributed by atoms with Gasteiger partial charge in [0, 0.05) is 65.4 Å². The molecule has 6 heteroatoms. The van der Waals surface area contributed by atoms with Gasteiger partial charge in [0.25, 0.3) is 0 Å². The summed E-state index contributed by atoms with van der Waals surface area (Å²) in [6, 6.07) is 20.9. The van der Waals surface area contributed by atoms with Crippen molar-refractivity contribution in [1.82, 2.24) is 19.6 Å². The van der Waals surface area contributed by atoms with E-state index >= 15 is 0 Å². The van der Waals surface area contributed by atoms with Crippen LogP contribution in [0.3, 0.4) is 0 Å². The molecule has 34 heavy (non-hydrogen) atoms. The minimum atomic E-state index is -0.324. The van der Waals surface area contributed by atoms with Gasteiger partial charge in [0.15, 0.2) is 0 Å². The van der Waals surface area contributed by atoms with Crippen molar-refractivity contribution < 1.29 is 9.59 Å². The molecule has 2 amide bonds. The number of rotatable bonds is 6. The summed E-state index contributed by atoms with van der Waals surface area (Å²) in [4.78, 5) is 35.0. The smallest absolute Gasteiger partial charge is 0.231 e. The minimum absolute atomic E-state index is 0.0884. The van der Waals surface area contributed by atoms with E-state index in [1.54, 1.807) is 0 Å². The molecule has 2 saturated heterocycles. The fourth-order valence-electron chi connectivity index (χ4n) is 5.25. The topological polar surface area (TPSA) is 47.1 Å². The van der Waals surface area contributed by atoms with Gasteiger partial charge in [-0.3, -0.25) is 19.4 Å². The zero-order valence-electron chi connectivity index (χ0n) is 19.8. The van der Waals surface area contributed by atoms with E-state index in [-0.39, 0.29) is 23.7 Å². The number of hydrogen-bond acceptors (Lipinski definition) is 4. The van der Waals surface area contributed by atoms with Crippen molar-refractivity contribution in [2.24, 2.45) is 11.8 Å². The van der Waals surface area contributed by atoms with Crippen molar-refractivity contribution in [2.75, 3.05) is 52.4 Å². The third kappa shape index (κ3) is 5.08. The zero-order valence-corrected chi connectivity index (χ0v) is 19.8. The molecule has 0 radical (unpaired) electrons. The van der Waals surface area contributed by atoms with Gasteiger partial charge in [-0.25, -0.2) is 0 Å². The molecule has 178 valence electrons. The molecule has 3 fully saturated rings. The molecule has 5 rings (SSSR count). The minimum Gasteiger partial charge on any atom is -0.340 e. The number of hydrogen-bond donors (Lipinski definition) is 0. The van der Waals surface area contributed by atoms with Gasteiger partial charge in [-0.15, -0.1) is 0 Å². The molecule has 2 aromatic carbocycles. The highest BCUT2D eigenvalue weighted by Crippen LogP contribution is 2.47. The number of amides is 2. The first-order chi connectivity index (χ1) is 16.6.